The predicted octanol–water partition coefficient (Wildman–Crippen LogP) is 0.547. The van der Waals surface area contributed by atoms with Gasteiger partial charge in [-0.1, -0.05) is 25.7 Å². The van der Waals surface area contributed by atoms with E-state index >= 15 is 0 Å². The van der Waals surface area contributed by atoms with Gasteiger partial charge in [-0.3, -0.25) is 0 Å². The summed E-state index contributed by atoms with van der Waals surface area (Å²) in [6.07, 6.45) is 5.72. The van der Waals surface area contributed by atoms with Crippen LogP contribution in [0.15, 0.2) is 0 Å². The van der Waals surface area contributed by atoms with Crippen molar-refractivity contribution in [1.29, 1.82) is 0 Å². The van der Waals surface area contributed by atoms with Crippen LogP contribution in [0, 0.1) is 5.92 Å². The number of nitrogens with two attached hydrogens (primary N) is 1. The lowest BCUT2D eigenvalue weighted by atomic mass is 9.74. The van der Waals surface area contributed by atoms with Crippen molar-refractivity contribution >= 4 is 7.12 Å². The highest BCUT2D eigenvalue weighted by Crippen LogP contribution is 2.30. The quantitative estimate of drug-likeness (QED) is 0.446. The molecule has 0 amide bonds. The van der Waals surface area contributed by atoms with E-state index in [1.165, 1.54) is 19.3 Å². The topological polar surface area (TPSA) is 55.5 Å². The Kier molecular flexibility index (Phi) is 3.18. The normalized spacial score (nSPS) is 18.6. The summed E-state index contributed by atoms with van der Waals surface area (Å²) in [5.74, 6) is 5.59. The molecule has 10 heavy (non-hydrogen) atoms. The molecule has 1 rings (SSSR count). The summed E-state index contributed by atoms with van der Waals surface area (Å²) in [7, 11) is -0.749. The molecule has 0 heterocycles. The Morgan fingerprint density at radius 1 is 1.60 bits per heavy atom. The van der Waals surface area contributed by atoms with Gasteiger partial charge in [0, 0.05) is 0 Å². The molecule has 0 aromatic heterocycles. The molecule has 0 unspecified atom stereocenters. The van der Waals surface area contributed by atoms with E-state index in [4.69, 9.17) is 10.9 Å². The summed E-state index contributed by atoms with van der Waals surface area (Å²) in [5.41, 5.74) is 0. The zero-order valence-electron chi connectivity index (χ0n) is 6.12. The Morgan fingerprint density at radius 3 is 2.70 bits per heavy atom. The second kappa shape index (κ2) is 3.96. The molecule has 0 bridgehead atoms. The first-order chi connectivity index (χ1) is 4.83. The molecule has 0 spiro atoms. The largest absolute Gasteiger partial charge is 0.471 e. The fraction of sp³-hybridized carbons (Fsp3) is 1.00. The van der Waals surface area contributed by atoms with Crippen LogP contribution in [0.5, 0.6) is 0 Å². The van der Waals surface area contributed by atoms with Crippen LogP contribution in [-0.2, 0) is 4.76 Å². The van der Waals surface area contributed by atoms with Crippen molar-refractivity contribution in [3.05, 3.63) is 0 Å². The van der Waals surface area contributed by atoms with E-state index in [1.807, 2.05) is 0 Å². The standard InChI is InChI=1S/C6H14BNO2/c8-10-7(9)5-4-6-2-1-3-6/h6,9H,1-5,8H2. The first kappa shape index (κ1) is 8.05. The third-order valence-corrected chi connectivity index (χ3v) is 2.20. The maximum absolute atomic E-state index is 8.88. The molecule has 1 fully saturated rings. The molecule has 0 aromatic rings. The lowest BCUT2D eigenvalue weighted by Gasteiger charge is -2.24. The SMILES string of the molecule is NOB(O)CCC1CCC1. The molecule has 0 aromatic carbocycles. The van der Waals surface area contributed by atoms with Crippen LogP contribution in [0.25, 0.3) is 0 Å². The van der Waals surface area contributed by atoms with Crippen molar-refractivity contribution in [2.24, 2.45) is 11.8 Å². The Bertz CT molecular complexity index is 93.0. The van der Waals surface area contributed by atoms with Gasteiger partial charge >= 0.3 is 7.12 Å². The molecule has 58 valence electrons. The fourth-order valence-corrected chi connectivity index (χ4v) is 1.23. The van der Waals surface area contributed by atoms with Crippen LogP contribution >= 0.6 is 0 Å². The molecule has 0 atom stereocenters. The third-order valence-electron chi connectivity index (χ3n) is 2.20. The number of hydrogen-bond acceptors (Lipinski definition) is 3. The second-order valence-electron chi connectivity index (χ2n) is 2.97. The molecule has 0 aliphatic heterocycles. The summed E-state index contributed by atoms with van der Waals surface area (Å²) < 4.78 is 4.22. The minimum Gasteiger partial charge on any atom is -0.426 e. The van der Waals surface area contributed by atoms with Gasteiger partial charge in [0.05, 0.1) is 0 Å². The lowest BCUT2D eigenvalue weighted by molar-refractivity contribution is 0.252. The maximum atomic E-state index is 8.88. The van der Waals surface area contributed by atoms with E-state index in [1.54, 1.807) is 0 Å². The van der Waals surface area contributed by atoms with Gasteiger partial charge in [-0.25, -0.2) is 5.90 Å². The average Bonchev–Trinajstić information content (AvgIpc) is 1.84. The van der Waals surface area contributed by atoms with E-state index < -0.39 is 7.12 Å². The molecular formula is C6H14BNO2. The predicted molar refractivity (Wildman–Crippen MR) is 40.0 cm³/mol. The minimum absolute atomic E-state index is 0.682. The van der Waals surface area contributed by atoms with Gasteiger partial charge in [-0.2, -0.15) is 0 Å². The van der Waals surface area contributed by atoms with Crippen molar-refractivity contribution in [2.75, 3.05) is 0 Å². The molecule has 3 N–H and O–H groups in total. The van der Waals surface area contributed by atoms with Gasteiger partial charge in [0.25, 0.3) is 0 Å². The van der Waals surface area contributed by atoms with Crippen LogP contribution in [-0.4, -0.2) is 12.1 Å². The average molecular weight is 143 g/mol. The summed E-state index contributed by atoms with van der Waals surface area (Å²) in [6.45, 7) is 0. The van der Waals surface area contributed by atoms with Crippen molar-refractivity contribution in [3.8, 4) is 0 Å². The first-order valence-electron chi connectivity index (χ1n) is 3.86. The summed E-state index contributed by atoms with van der Waals surface area (Å²) in [4.78, 5) is 0. The molecule has 1 saturated carbocycles. The van der Waals surface area contributed by atoms with Gasteiger partial charge in [0.15, 0.2) is 0 Å². The Labute approximate surface area is 61.7 Å². The van der Waals surface area contributed by atoms with E-state index in [9.17, 15) is 0 Å². The van der Waals surface area contributed by atoms with Gasteiger partial charge in [-0.05, 0) is 12.2 Å². The molecule has 4 heteroatoms. The Balaban J connectivity index is 1.93. The van der Waals surface area contributed by atoms with Crippen LogP contribution in [0.1, 0.15) is 25.7 Å². The van der Waals surface area contributed by atoms with Gasteiger partial charge in [0.2, 0.25) is 0 Å². The third kappa shape index (κ3) is 2.29. The molecule has 0 saturated heterocycles. The molecular weight excluding hydrogens is 129 g/mol. The fourth-order valence-electron chi connectivity index (χ4n) is 1.23. The van der Waals surface area contributed by atoms with Gasteiger partial charge < -0.3 is 9.78 Å². The smallest absolute Gasteiger partial charge is 0.426 e. The first-order valence-corrected chi connectivity index (χ1v) is 3.86. The lowest BCUT2D eigenvalue weighted by Crippen LogP contribution is -2.23. The number of hydrogen-bond donors (Lipinski definition) is 2. The van der Waals surface area contributed by atoms with E-state index in [0.717, 1.165) is 12.3 Å². The number of rotatable bonds is 4. The van der Waals surface area contributed by atoms with E-state index in [2.05, 4.69) is 4.76 Å². The summed E-state index contributed by atoms with van der Waals surface area (Å²) in [6, 6.07) is 0. The Morgan fingerprint density at radius 2 is 2.30 bits per heavy atom. The van der Waals surface area contributed by atoms with Crippen molar-refractivity contribution in [3.63, 3.8) is 0 Å². The summed E-state index contributed by atoms with van der Waals surface area (Å²) >= 11 is 0. The van der Waals surface area contributed by atoms with E-state index in [0.29, 0.717) is 6.32 Å². The van der Waals surface area contributed by atoms with Gasteiger partial charge in [0.1, 0.15) is 0 Å². The molecule has 1 aliphatic rings. The molecule has 3 nitrogen and oxygen atoms in total. The summed E-state index contributed by atoms with van der Waals surface area (Å²) in [5, 5.41) is 8.88. The van der Waals surface area contributed by atoms with Crippen LogP contribution in [0.2, 0.25) is 6.32 Å². The molecule has 1 aliphatic carbocycles. The van der Waals surface area contributed by atoms with Gasteiger partial charge in [-0.15, -0.1) is 0 Å². The maximum Gasteiger partial charge on any atom is 0.471 e. The van der Waals surface area contributed by atoms with Crippen molar-refractivity contribution in [1.82, 2.24) is 0 Å². The highest BCUT2D eigenvalue weighted by molar-refractivity contribution is 6.42. The molecule has 0 radical (unpaired) electrons. The monoisotopic (exact) mass is 143 g/mol. The van der Waals surface area contributed by atoms with Crippen molar-refractivity contribution in [2.45, 2.75) is 32.0 Å². The highest BCUT2D eigenvalue weighted by Gasteiger charge is 2.20. The van der Waals surface area contributed by atoms with Crippen LogP contribution in [0.3, 0.4) is 0 Å². The second-order valence-corrected chi connectivity index (χ2v) is 2.97. The van der Waals surface area contributed by atoms with Crippen molar-refractivity contribution < 1.29 is 9.78 Å². The zero-order valence-corrected chi connectivity index (χ0v) is 6.12. The van der Waals surface area contributed by atoms with Crippen LogP contribution in [0.4, 0.5) is 0 Å². The van der Waals surface area contributed by atoms with E-state index in [-0.39, 0.29) is 0 Å². The minimum atomic E-state index is -0.749. The van der Waals surface area contributed by atoms with Crippen LogP contribution < -0.4 is 5.90 Å². The zero-order chi connectivity index (χ0) is 7.40. The highest BCUT2D eigenvalue weighted by atomic mass is 16.6. The Hall–Kier alpha value is -0.0551.